The minimum absolute atomic E-state index is 0.188. The van der Waals surface area contributed by atoms with Crippen molar-refractivity contribution in [1.29, 1.82) is 0 Å². The molecule has 3 aromatic rings. The molecule has 0 aliphatic heterocycles. The second kappa shape index (κ2) is 5.95. The Morgan fingerprint density at radius 3 is 2.17 bits per heavy atom. The monoisotopic (exact) mass is 317 g/mol. The first-order chi connectivity index (χ1) is 11.7. The average molecular weight is 317 g/mol. The summed E-state index contributed by atoms with van der Waals surface area (Å²) in [7, 11) is 0. The van der Waals surface area contributed by atoms with Crippen LogP contribution in [-0.4, -0.2) is 11.7 Å². The van der Waals surface area contributed by atoms with Gasteiger partial charge >= 0.3 is 0 Å². The fraction of sp³-hybridized carbons (Fsp3) is 0.273. The molecule has 0 atom stereocenters. The summed E-state index contributed by atoms with van der Waals surface area (Å²) < 4.78 is 0. The molecule has 2 nitrogen and oxygen atoms in total. The van der Waals surface area contributed by atoms with Crippen LogP contribution in [0.25, 0.3) is 21.9 Å². The molecule has 0 saturated heterocycles. The van der Waals surface area contributed by atoms with E-state index in [1.54, 1.807) is 6.07 Å². The predicted octanol–water partition coefficient (Wildman–Crippen LogP) is 4.98. The minimum Gasteiger partial charge on any atom is -0.508 e. The lowest BCUT2D eigenvalue weighted by Gasteiger charge is -2.28. The molecule has 1 saturated carbocycles. The van der Waals surface area contributed by atoms with Crippen molar-refractivity contribution in [2.75, 3.05) is 6.54 Å². The van der Waals surface area contributed by atoms with E-state index >= 15 is 0 Å². The lowest BCUT2D eigenvalue weighted by molar-refractivity contribution is 0.453. The standard InChI is InChI=1S/C22H23NO/c23-15-22(11-1-2-12-22)20-8-5-16(6-9-20)18-4-3-17-7-10-21(24)14-19(17)13-18/h3-10,13-14,24H,1-2,11-12,15,23H2. The van der Waals surface area contributed by atoms with E-state index in [-0.39, 0.29) is 5.41 Å². The summed E-state index contributed by atoms with van der Waals surface area (Å²) in [5.74, 6) is 0.307. The zero-order valence-electron chi connectivity index (χ0n) is 13.8. The lowest BCUT2D eigenvalue weighted by atomic mass is 9.78. The summed E-state index contributed by atoms with van der Waals surface area (Å²) in [5.41, 5.74) is 10.0. The molecule has 4 rings (SSSR count). The van der Waals surface area contributed by atoms with Crippen molar-refractivity contribution in [3.05, 3.63) is 66.2 Å². The van der Waals surface area contributed by atoms with Gasteiger partial charge < -0.3 is 10.8 Å². The summed E-state index contributed by atoms with van der Waals surface area (Å²) in [6.07, 6.45) is 4.98. The molecule has 3 aromatic carbocycles. The van der Waals surface area contributed by atoms with Gasteiger partial charge in [0.2, 0.25) is 0 Å². The number of phenols is 1. The topological polar surface area (TPSA) is 46.2 Å². The fourth-order valence-electron chi connectivity index (χ4n) is 4.09. The van der Waals surface area contributed by atoms with Gasteiger partial charge in [-0.1, -0.05) is 55.3 Å². The van der Waals surface area contributed by atoms with Gasteiger partial charge in [-0.2, -0.15) is 0 Å². The zero-order chi connectivity index (χ0) is 16.6. The van der Waals surface area contributed by atoms with E-state index in [0.717, 1.165) is 17.3 Å². The van der Waals surface area contributed by atoms with E-state index in [1.165, 1.54) is 42.4 Å². The number of benzene rings is 3. The van der Waals surface area contributed by atoms with Gasteiger partial charge in [0.1, 0.15) is 5.75 Å². The summed E-state index contributed by atoms with van der Waals surface area (Å²) in [4.78, 5) is 0. The highest BCUT2D eigenvalue weighted by molar-refractivity contribution is 5.88. The van der Waals surface area contributed by atoms with Crippen LogP contribution in [0.4, 0.5) is 0 Å². The zero-order valence-corrected chi connectivity index (χ0v) is 13.8. The Hall–Kier alpha value is -2.32. The molecular formula is C22H23NO. The summed E-state index contributed by atoms with van der Waals surface area (Å²) in [6.45, 7) is 0.738. The second-order valence-electron chi connectivity index (χ2n) is 7.02. The van der Waals surface area contributed by atoms with Gasteiger partial charge in [-0.25, -0.2) is 0 Å². The quantitative estimate of drug-likeness (QED) is 0.715. The maximum Gasteiger partial charge on any atom is 0.116 e. The first-order valence-corrected chi connectivity index (χ1v) is 8.74. The molecule has 0 radical (unpaired) electrons. The maximum atomic E-state index is 9.69. The van der Waals surface area contributed by atoms with Gasteiger partial charge in [0, 0.05) is 12.0 Å². The number of hydrogen-bond acceptors (Lipinski definition) is 2. The third-order valence-electron chi connectivity index (χ3n) is 5.61. The number of aromatic hydroxyl groups is 1. The van der Waals surface area contributed by atoms with Crippen molar-refractivity contribution in [2.24, 2.45) is 5.73 Å². The van der Waals surface area contributed by atoms with Crippen molar-refractivity contribution in [1.82, 2.24) is 0 Å². The maximum absolute atomic E-state index is 9.69. The highest BCUT2D eigenvalue weighted by atomic mass is 16.3. The van der Waals surface area contributed by atoms with Gasteiger partial charge in [0.25, 0.3) is 0 Å². The first kappa shape index (κ1) is 15.2. The van der Waals surface area contributed by atoms with Gasteiger partial charge in [-0.05, 0) is 58.5 Å². The van der Waals surface area contributed by atoms with E-state index in [0.29, 0.717) is 5.75 Å². The van der Waals surface area contributed by atoms with Crippen LogP contribution in [0.5, 0.6) is 5.75 Å². The smallest absolute Gasteiger partial charge is 0.116 e. The van der Waals surface area contributed by atoms with Crippen LogP contribution in [0.3, 0.4) is 0 Å². The highest BCUT2D eigenvalue weighted by Crippen LogP contribution is 2.40. The summed E-state index contributed by atoms with van der Waals surface area (Å²) in [5, 5.41) is 11.9. The van der Waals surface area contributed by atoms with E-state index in [4.69, 9.17) is 5.73 Å². The Morgan fingerprint density at radius 1 is 0.792 bits per heavy atom. The molecule has 122 valence electrons. The number of phenolic OH excluding ortho intramolecular Hbond substituents is 1. The molecular weight excluding hydrogens is 294 g/mol. The van der Waals surface area contributed by atoms with Crippen molar-refractivity contribution in [2.45, 2.75) is 31.1 Å². The Labute approximate surface area is 142 Å². The molecule has 0 bridgehead atoms. The van der Waals surface area contributed by atoms with Crippen molar-refractivity contribution >= 4 is 10.8 Å². The van der Waals surface area contributed by atoms with Crippen molar-refractivity contribution < 1.29 is 5.11 Å². The molecule has 0 unspecified atom stereocenters. The summed E-state index contributed by atoms with van der Waals surface area (Å²) >= 11 is 0. The second-order valence-corrected chi connectivity index (χ2v) is 7.02. The molecule has 0 heterocycles. The molecule has 0 aromatic heterocycles. The molecule has 1 fully saturated rings. The number of rotatable bonds is 3. The average Bonchev–Trinajstić information content (AvgIpc) is 3.11. The molecule has 2 heteroatoms. The van der Waals surface area contributed by atoms with Gasteiger partial charge in [-0.15, -0.1) is 0 Å². The molecule has 0 amide bonds. The van der Waals surface area contributed by atoms with Crippen LogP contribution in [-0.2, 0) is 5.41 Å². The third kappa shape index (κ3) is 2.57. The van der Waals surface area contributed by atoms with Crippen LogP contribution in [0, 0.1) is 0 Å². The van der Waals surface area contributed by atoms with Crippen LogP contribution in [0.2, 0.25) is 0 Å². The third-order valence-corrected chi connectivity index (χ3v) is 5.61. The Bertz CT molecular complexity index is 861. The van der Waals surface area contributed by atoms with Gasteiger partial charge in [-0.3, -0.25) is 0 Å². The lowest BCUT2D eigenvalue weighted by Crippen LogP contribution is -2.31. The van der Waals surface area contributed by atoms with Crippen LogP contribution in [0.15, 0.2) is 60.7 Å². The Kier molecular flexibility index (Phi) is 3.78. The van der Waals surface area contributed by atoms with E-state index in [9.17, 15) is 5.11 Å². The van der Waals surface area contributed by atoms with Crippen LogP contribution >= 0.6 is 0 Å². The first-order valence-electron chi connectivity index (χ1n) is 8.74. The molecule has 0 spiro atoms. The van der Waals surface area contributed by atoms with Gasteiger partial charge in [0.15, 0.2) is 0 Å². The SMILES string of the molecule is NCC1(c2ccc(-c3ccc4ccc(O)cc4c3)cc2)CCCC1. The molecule has 3 N–H and O–H groups in total. The van der Waals surface area contributed by atoms with E-state index in [1.807, 2.05) is 12.1 Å². The molecule has 1 aliphatic carbocycles. The summed E-state index contributed by atoms with van der Waals surface area (Å²) in [6, 6.07) is 20.8. The fourth-order valence-corrected chi connectivity index (χ4v) is 4.09. The van der Waals surface area contributed by atoms with Crippen LogP contribution < -0.4 is 5.73 Å². The van der Waals surface area contributed by atoms with Crippen molar-refractivity contribution in [3.63, 3.8) is 0 Å². The number of hydrogen-bond donors (Lipinski definition) is 2. The van der Waals surface area contributed by atoms with E-state index in [2.05, 4.69) is 42.5 Å². The van der Waals surface area contributed by atoms with Gasteiger partial charge in [0.05, 0.1) is 0 Å². The van der Waals surface area contributed by atoms with E-state index < -0.39 is 0 Å². The normalized spacial score (nSPS) is 16.5. The molecule has 1 aliphatic rings. The highest BCUT2D eigenvalue weighted by Gasteiger charge is 2.33. The Morgan fingerprint density at radius 2 is 1.46 bits per heavy atom. The largest absolute Gasteiger partial charge is 0.508 e. The Balaban J connectivity index is 1.70. The van der Waals surface area contributed by atoms with Crippen LogP contribution in [0.1, 0.15) is 31.2 Å². The van der Waals surface area contributed by atoms with Crippen molar-refractivity contribution in [3.8, 4) is 16.9 Å². The molecule has 24 heavy (non-hydrogen) atoms. The number of nitrogens with two attached hydrogens (primary N) is 1. The number of fused-ring (bicyclic) bond motifs is 1. The minimum atomic E-state index is 0.188. The predicted molar refractivity (Wildman–Crippen MR) is 100 cm³/mol.